The maximum Gasteiger partial charge on any atom is 0.211 e. The van der Waals surface area contributed by atoms with Crippen molar-refractivity contribution in [3.05, 3.63) is 46.1 Å². The van der Waals surface area contributed by atoms with Crippen molar-refractivity contribution in [2.24, 2.45) is 0 Å². The molecular formula is C14H14ClNO3. The van der Waals surface area contributed by atoms with Crippen molar-refractivity contribution in [1.82, 2.24) is 5.32 Å². The Balaban J connectivity index is 2.32. The van der Waals surface area contributed by atoms with Crippen LogP contribution in [0.2, 0.25) is 0 Å². The van der Waals surface area contributed by atoms with Crippen LogP contribution in [0, 0.1) is 0 Å². The first-order chi connectivity index (χ1) is 9.06. The molecule has 0 saturated heterocycles. The number of hydrogen-bond acceptors (Lipinski definition) is 4. The molecule has 1 aromatic rings. The first-order valence-electron chi connectivity index (χ1n) is 5.91. The van der Waals surface area contributed by atoms with Crippen LogP contribution in [0.3, 0.4) is 0 Å². The summed E-state index contributed by atoms with van der Waals surface area (Å²) < 4.78 is 5.08. The van der Waals surface area contributed by atoms with Crippen LogP contribution in [0.5, 0.6) is 0 Å². The Morgan fingerprint density at radius 1 is 1.21 bits per heavy atom. The number of methoxy groups -OCH3 is 1. The van der Waals surface area contributed by atoms with Crippen molar-refractivity contribution in [3.8, 4) is 0 Å². The Morgan fingerprint density at radius 2 is 1.79 bits per heavy atom. The molecule has 0 bridgehead atoms. The second kappa shape index (κ2) is 5.55. The lowest BCUT2D eigenvalue weighted by Gasteiger charge is -2.20. The fraction of sp³-hybridized carbons (Fsp3) is 0.286. The van der Waals surface area contributed by atoms with Gasteiger partial charge in [-0.3, -0.25) is 9.59 Å². The van der Waals surface area contributed by atoms with E-state index < -0.39 is 0 Å². The molecule has 4 nitrogen and oxygen atoms in total. The lowest BCUT2D eigenvalue weighted by molar-refractivity contribution is 0.0961. The van der Waals surface area contributed by atoms with E-state index in [9.17, 15) is 9.59 Å². The predicted molar refractivity (Wildman–Crippen MR) is 72.5 cm³/mol. The number of rotatable bonds is 4. The smallest absolute Gasteiger partial charge is 0.211 e. The third-order valence-corrected chi connectivity index (χ3v) is 3.39. The largest absolute Gasteiger partial charge is 0.380 e. The number of benzene rings is 1. The van der Waals surface area contributed by atoms with Crippen LogP contribution in [0.15, 0.2) is 35.0 Å². The molecule has 0 heterocycles. The van der Waals surface area contributed by atoms with Crippen LogP contribution in [0.4, 0.5) is 0 Å². The van der Waals surface area contributed by atoms with Gasteiger partial charge in [0.25, 0.3) is 0 Å². The summed E-state index contributed by atoms with van der Waals surface area (Å²) in [4.78, 5) is 24.3. The zero-order valence-electron chi connectivity index (χ0n) is 10.7. The van der Waals surface area contributed by atoms with Gasteiger partial charge in [0.15, 0.2) is 0 Å². The van der Waals surface area contributed by atoms with E-state index in [1.54, 1.807) is 31.4 Å². The lowest BCUT2D eigenvalue weighted by atomic mass is 9.92. The molecule has 5 heteroatoms. The molecular weight excluding hydrogens is 266 g/mol. The molecule has 0 radical (unpaired) electrons. The summed E-state index contributed by atoms with van der Waals surface area (Å²) >= 11 is 5.99. The molecule has 0 unspecified atom stereocenters. The van der Waals surface area contributed by atoms with E-state index in [0.717, 1.165) is 0 Å². The Hall–Kier alpha value is -1.65. The summed E-state index contributed by atoms with van der Waals surface area (Å²) in [5.74, 6) is -0.590. The van der Waals surface area contributed by atoms with Gasteiger partial charge in [0.05, 0.1) is 6.10 Å². The summed E-state index contributed by atoms with van der Waals surface area (Å²) in [6.45, 7) is 2.26. The standard InChI is InChI=1S/C14H14ClNO3/c1-8(19-2)7-16-12-11(15)13(17)9-5-3-4-6-10(9)14(12)18/h3-6,8,16H,7H2,1-2H3/t8-/m1/s1. The van der Waals surface area contributed by atoms with Gasteiger partial charge in [-0.2, -0.15) is 0 Å². The third kappa shape index (κ3) is 2.55. The van der Waals surface area contributed by atoms with Gasteiger partial charge in [-0.25, -0.2) is 0 Å². The summed E-state index contributed by atoms with van der Waals surface area (Å²) in [7, 11) is 1.57. The van der Waals surface area contributed by atoms with Gasteiger partial charge in [-0.1, -0.05) is 35.9 Å². The molecule has 1 atom stereocenters. The van der Waals surface area contributed by atoms with E-state index in [0.29, 0.717) is 17.7 Å². The van der Waals surface area contributed by atoms with Crippen LogP contribution in [0.25, 0.3) is 0 Å². The zero-order valence-corrected chi connectivity index (χ0v) is 11.5. The molecule has 2 rings (SSSR count). The predicted octanol–water partition coefficient (Wildman–Crippen LogP) is 2.14. The second-order valence-corrected chi connectivity index (χ2v) is 4.70. The molecule has 0 amide bonds. The fourth-order valence-corrected chi connectivity index (χ4v) is 2.09. The van der Waals surface area contributed by atoms with E-state index in [2.05, 4.69) is 5.32 Å². The number of ketones is 2. The number of fused-ring (bicyclic) bond motifs is 1. The van der Waals surface area contributed by atoms with Gasteiger partial charge in [0, 0.05) is 24.8 Å². The highest BCUT2D eigenvalue weighted by Crippen LogP contribution is 2.27. The molecule has 1 aliphatic carbocycles. The average Bonchev–Trinajstić information content (AvgIpc) is 2.44. The molecule has 1 aromatic carbocycles. The normalized spacial score (nSPS) is 16.4. The minimum atomic E-state index is -0.329. The molecule has 1 N–H and O–H groups in total. The Bertz CT molecular complexity index is 566. The van der Waals surface area contributed by atoms with Gasteiger partial charge in [-0.15, -0.1) is 0 Å². The van der Waals surface area contributed by atoms with Gasteiger partial charge < -0.3 is 10.1 Å². The summed E-state index contributed by atoms with van der Waals surface area (Å²) in [5, 5.41) is 2.83. The van der Waals surface area contributed by atoms with Crippen molar-refractivity contribution in [1.29, 1.82) is 0 Å². The maximum absolute atomic E-state index is 12.3. The van der Waals surface area contributed by atoms with Crippen molar-refractivity contribution >= 4 is 23.2 Å². The van der Waals surface area contributed by atoms with Crippen LogP contribution in [0.1, 0.15) is 27.6 Å². The molecule has 1 aliphatic rings. The van der Waals surface area contributed by atoms with E-state index >= 15 is 0 Å². The highest BCUT2D eigenvalue weighted by molar-refractivity contribution is 6.49. The SMILES string of the molecule is CO[C@H](C)CNC1=C(Cl)C(=O)c2ccccc2C1=O. The number of allylic oxidation sites excluding steroid dienone is 2. The van der Waals surface area contributed by atoms with Crippen molar-refractivity contribution in [2.45, 2.75) is 13.0 Å². The molecule has 0 fully saturated rings. The van der Waals surface area contributed by atoms with Crippen LogP contribution < -0.4 is 5.32 Å². The molecule has 0 aliphatic heterocycles. The van der Waals surface area contributed by atoms with Gasteiger partial charge in [0.2, 0.25) is 11.6 Å². The van der Waals surface area contributed by atoms with Gasteiger partial charge in [0.1, 0.15) is 10.7 Å². The Labute approximate surface area is 116 Å². The van der Waals surface area contributed by atoms with Crippen LogP contribution in [-0.2, 0) is 4.74 Å². The lowest BCUT2D eigenvalue weighted by Crippen LogP contribution is -2.33. The van der Waals surface area contributed by atoms with Gasteiger partial charge >= 0.3 is 0 Å². The molecule has 19 heavy (non-hydrogen) atoms. The number of ether oxygens (including phenoxy) is 1. The zero-order chi connectivity index (χ0) is 14.0. The molecule has 0 aromatic heterocycles. The third-order valence-electron chi connectivity index (χ3n) is 3.03. The van der Waals surface area contributed by atoms with E-state index in [1.165, 1.54) is 0 Å². The minimum Gasteiger partial charge on any atom is -0.380 e. The van der Waals surface area contributed by atoms with Crippen molar-refractivity contribution < 1.29 is 14.3 Å². The Kier molecular flexibility index (Phi) is 4.02. The second-order valence-electron chi connectivity index (χ2n) is 4.32. The van der Waals surface area contributed by atoms with E-state index in [-0.39, 0.29) is 28.4 Å². The number of nitrogens with one attached hydrogen (secondary N) is 1. The fourth-order valence-electron chi connectivity index (χ4n) is 1.83. The summed E-state index contributed by atoms with van der Waals surface area (Å²) in [6.07, 6.45) is -0.0861. The number of halogens is 1. The minimum absolute atomic E-state index is 0.0630. The van der Waals surface area contributed by atoms with Crippen LogP contribution in [-0.4, -0.2) is 31.3 Å². The first kappa shape index (κ1) is 13.8. The molecule has 100 valence electrons. The van der Waals surface area contributed by atoms with Crippen molar-refractivity contribution in [3.63, 3.8) is 0 Å². The Morgan fingerprint density at radius 3 is 2.37 bits per heavy atom. The number of Topliss-reactive ketones (excluding diaryl/α,β-unsaturated/α-hetero) is 2. The molecule has 0 spiro atoms. The molecule has 0 saturated carbocycles. The quantitative estimate of drug-likeness (QED) is 0.917. The summed E-state index contributed by atoms with van der Waals surface area (Å²) in [5.41, 5.74) is 0.876. The average molecular weight is 280 g/mol. The number of hydrogen-bond donors (Lipinski definition) is 1. The maximum atomic E-state index is 12.3. The van der Waals surface area contributed by atoms with Crippen LogP contribution >= 0.6 is 11.6 Å². The summed E-state index contributed by atoms with van der Waals surface area (Å²) in [6, 6.07) is 6.66. The van der Waals surface area contributed by atoms with Crippen molar-refractivity contribution in [2.75, 3.05) is 13.7 Å². The highest BCUT2D eigenvalue weighted by Gasteiger charge is 2.31. The van der Waals surface area contributed by atoms with E-state index in [4.69, 9.17) is 16.3 Å². The highest BCUT2D eigenvalue weighted by atomic mass is 35.5. The monoisotopic (exact) mass is 279 g/mol. The first-order valence-corrected chi connectivity index (χ1v) is 6.29. The number of carbonyl (C=O) groups excluding carboxylic acids is 2. The van der Waals surface area contributed by atoms with Gasteiger partial charge in [-0.05, 0) is 6.92 Å². The van der Waals surface area contributed by atoms with E-state index in [1.807, 2.05) is 6.92 Å². The topological polar surface area (TPSA) is 55.4 Å². The number of carbonyl (C=O) groups is 2.